The van der Waals surface area contributed by atoms with Gasteiger partial charge in [0.1, 0.15) is 0 Å². The van der Waals surface area contributed by atoms with E-state index in [1.807, 2.05) is 20.8 Å². The normalized spacial score (nSPS) is 15.1. The molecule has 1 aromatic rings. The predicted molar refractivity (Wildman–Crippen MR) is 59.3 cm³/mol. The van der Waals surface area contributed by atoms with Gasteiger partial charge < -0.3 is 10.5 Å². The number of nitrogens with two attached hydrogens (primary N) is 1. The van der Waals surface area contributed by atoms with E-state index < -0.39 is 5.54 Å². The first-order valence-electron chi connectivity index (χ1n) is 5.02. The van der Waals surface area contributed by atoms with Crippen LogP contribution in [0, 0.1) is 11.7 Å². The molecule has 0 amide bonds. The summed E-state index contributed by atoms with van der Waals surface area (Å²) in [6.07, 6.45) is 0. The van der Waals surface area contributed by atoms with Gasteiger partial charge in [-0.05, 0) is 30.5 Å². The molecule has 2 nitrogen and oxygen atoms in total. The highest BCUT2D eigenvalue weighted by atomic mass is 19.1. The Bertz CT molecular complexity index is 347. The van der Waals surface area contributed by atoms with Crippen molar-refractivity contribution in [1.29, 1.82) is 0 Å². The van der Waals surface area contributed by atoms with Gasteiger partial charge in [0.05, 0.1) is 7.11 Å². The molecule has 84 valence electrons. The van der Waals surface area contributed by atoms with Gasteiger partial charge >= 0.3 is 0 Å². The van der Waals surface area contributed by atoms with Gasteiger partial charge in [0, 0.05) is 5.54 Å². The summed E-state index contributed by atoms with van der Waals surface area (Å²) in [5, 5.41) is 0. The number of ether oxygens (including phenoxy) is 1. The maximum atomic E-state index is 13.2. The Morgan fingerprint density at radius 2 is 2.00 bits per heavy atom. The summed E-state index contributed by atoms with van der Waals surface area (Å²) in [5.74, 6) is 0.151. The molecule has 0 radical (unpaired) electrons. The number of rotatable bonds is 3. The summed E-state index contributed by atoms with van der Waals surface area (Å²) in [6.45, 7) is 6.01. The van der Waals surface area contributed by atoms with Crippen LogP contribution in [-0.2, 0) is 5.54 Å². The van der Waals surface area contributed by atoms with Crippen molar-refractivity contribution < 1.29 is 9.13 Å². The maximum absolute atomic E-state index is 13.2. The predicted octanol–water partition coefficient (Wildman–Crippen LogP) is 2.66. The highest BCUT2D eigenvalue weighted by Crippen LogP contribution is 2.29. The summed E-state index contributed by atoms with van der Waals surface area (Å²) in [4.78, 5) is 0. The SMILES string of the molecule is COc1cc(C(C)(N)C(C)C)ccc1F. The Balaban J connectivity index is 3.16. The molecule has 0 saturated heterocycles. The van der Waals surface area contributed by atoms with Crippen LogP contribution in [0.4, 0.5) is 4.39 Å². The summed E-state index contributed by atoms with van der Waals surface area (Å²) < 4.78 is 18.1. The van der Waals surface area contributed by atoms with Crippen molar-refractivity contribution >= 4 is 0 Å². The van der Waals surface area contributed by atoms with Crippen LogP contribution in [0.5, 0.6) is 5.75 Å². The maximum Gasteiger partial charge on any atom is 0.165 e. The first kappa shape index (κ1) is 12.0. The number of methoxy groups -OCH3 is 1. The lowest BCUT2D eigenvalue weighted by molar-refractivity contribution is 0.343. The van der Waals surface area contributed by atoms with Gasteiger partial charge in [-0.15, -0.1) is 0 Å². The fraction of sp³-hybridized carbons (Fsp3) is 0.500. The molecular weight excluding hydrogens is 193 g/mol. The minimum absolute atomic E-state index is 0.241. The zero-order valence-electron chi connectivity index (χ0n) is 9.67. The minimum Gasteiger partial charge on any atom is -0.494 e. The lowest BCUT2D eigenvalue weighted by Crippen LogP contribution is -2.38. The molecule has 0 aliphatic heterocycles. The second-order valence-corrected chi connectivity index (χ2v) is 4.29. The molecule has 1 rings (SSSR count). The van der Waals surface area contributed by atoms with E-state index in [9.17, 15) is 4.39 Å². The van der Waals surface area contributed by atoms with E-state index in [4.69, 9.17) is 10.5 Å². The number of hydrogen-bond acceptors (Lipinski definition) is 2. The van der Waals surface area contributed by atoms with Crippen molar-refractivity contribution in [3.8, 4) is 5.75 Å². The van der Waals surface area contributed by atoms with Crippen LogP contribution in [-0.4, -0.2) is 7.11 Å². The highest BCUT2D eigenvalue weighted by Gasteiger charge is 2.26. The topological polar surface area (TPSA) is 35.2 Å². The molecule has 3 heteroatoms. The van der Waals surface area contributed by atoms with E-state index in [-0.39, 0.29) is 17.5 Å². The van der Waals surface area contributed by atoms with Crippen LogP contribution in [0.15, 0.2) is 18.2 Å². The third-order valence-electron chi connectivity index (χ3n) is 2.97. The number of halogens is 1. The lowest BCUT2D eigenvalue weighted by Gasteiger charge is -2.30. The average Bonchev–Trinajstić information content (AvgIpc) is 2.18. The zero-order valence-corrected chi connectivity index (χ0v) is 9.67. The van der Waals surface area contributed by atoms with Crippen LogP contribution in [0.25, 0.3) is 0 Å². The molecule has 2 N–H and O–H groups in total. The van der Waals surface area contributed by atoms with Gasteiger partial charge in [0.15, 0.2) is 11.6 Å². The third kappa shape index (κ3) is 2.29. The molecule has 0 aliphatic carbocycles. The average molecular weight is 211 g/mol. The van der Waals surface area contributed by atoms with Crippen molar-refractivity contribution in [3.63, 3.8) is 0 Å². The number of benzene rings is 1. The van der Waals surface area contributed by atoms with Gasteiger partial charge in [0.2, 0.25) is 0 Å². The van der Waals surface area contributed by atoms with Crippen LogP contribution in [0.3, 0.4) is 0 Å². The van der Waals surface area contributed by atoms with Crippen LogP contribution in [0.1, 0.15) is 26.3 Å². The second kappa shape index (κ2) is 4.19. The van der Waals surface area contributed by atoms with Crippen molar-refractivity contribution in [3.05, 3.63) is 29.6 Å². The van der Waals surface area contributed by atoms with Crippen LogP contribution < -0.4 is 10.5 Å². The first-order chi connectivity index (χ1) is 6.89. The summed E-state index contributed by atoms with van der Waals surface area (Å²) in [7, 11) is 1.45. The van der Waals surface area contributed by atoms with Gasteiger partial charge in [-0.2, -0.15) is 0 Å². The highest BCUT2D eigenvalue weighted by molar-refractivity contribution is 5.34. The van der Waals surface area contributed by atoms with Gasteiger partial charge in [-0.1, -0.05) is 19.9 Å². The number of hydrogen-bond donors (Lipinski definition) is 1. The molecule has 0 aromatic heterocycles. The van der Waals surface area contributed by atoms with Crippen LogP contribution >= 0.6 is 0 Å². The quantitative estimate of drug-likeness (QED) is 0.834. The Morgan fingerprint density at radius 3 is 2.47 bits per heavy atom. The van der Waals surface area contributed by atoms with Gasteiger partial charge in [-0.25, -0.2) is 4.39 Å². The Kier molecular flexibility index (Phi) is 3.35. The van der Waals surface area contributed by atoms with E-state index in [0.29, 0.717) is 0 Å². The second-order valence-electron chi connectivity index (χ2n) is 4.29. The van der Waals surface area contributed by atoms with E-state index in [1.165, 1.54) is 13.2 Å². The summed E-state index contributed by atoms with van der Waals surface area (Å²) in [6, 6.07) is 4.76. The molecular formula is C12H18FNO. The van der Waals surface area contributed by atoms with Gasteiger partial charge in [-0.3, -0.25) is 0 Å². The van der Waals surface area contributed by atoms with E-state index in [1.54, 1.807) is 12.1 Å². The van der Waals surface area contributed by atoms with E-state index in [0.717, 1.165) is 5.56 Å². The van der Waals surface area contributed by atoms with E-state index in [2.05, 4.69) is 0 Å². The molecule has 15 heavy (non-hydrogen) atoms. The molecule has 1 unspecified atom stereocenters. The molecule has 0 bridgehead atoms. The van der Waals surface area contributed by atoms with Crippen LogP contribution in [0.2, 0.25) is 0 Å². The van der Waals surface area contributed by atoms with Crippen molar-refractivity contribution in [2.75, 3.05) is 7.11 Å². The van der Waals surface area contributed by atoms with Crippen molar-refractivity contribution in [1.82, 2.24) is 0 Å². The summed E-state index contributed by atoms with van der Waals surface area (Å²) >= 11 is 0. The van der Waals surface area contributed by atoms with E-state index >= 15 is 0 Å². The molecule has 0 spiro atoms. The molecule has 1 atom stereocenters. The molecule has 0 fully saturated rings. The standard InChI is InChI=1S/C12H18FNO/c1-8(2)12(3,14)9-5-6-10(13)11(7-9)15-4/h5-8H,14H2,1-4H3. The Hall–Kier alpha value is -1.09. The molecule has 0 aliphatic rings. The smallest absolute Gasteiger partial charge is 0.165 e. The first-order valence-corrected chi connectivity index (χ1v) is 5.02. The zero-order chi connectivity index (χ0) is 11.6. The van der Waals surface area contributed by atoms with Crippen molar-refractivity contribution in [2.45, 2.75) is 26.3 Å². The lowest BCUT2D eigenvalue weighted by atomic mass is 9.82. The largest absolute Gasteiger partial charge is 0.494 e. The Morgan fingerprint density at radius 1 is 1.40 bits per heavy atom. The molecule has 0 saturated carbocycles. The molecule has 0 heterocycles. The summed E-state index contributed by atoms with van der Waals surface area (Å²) in [5.41, 5.74) is 6.59. The fourth-order valence-electron chi connectivity index (χ4n) is 1.33. The molecule has 1 aromatic carbocycles. The monoisotopic (exact) mass is 211 g/mol. The minimum atomic E-state index is -0.471. The Labute approximate surface area is 90.2 Å². The fourth-order valence-corrected chi connectivity index (χ4v) is 1.33. The van der Waals surface area contributed by atoms with Crippen molar-refractivity contribution in [2.24, 2.45) is 11.7 Å². The van der Waals surface area contributed by atoms with Gasteiger partial charge in [0.25, 0.3) is 0 Å². The third-order valence-corrected chi connectivity index (χ3v) is 2.97.